The van der Waals surface area contributed by atoms with Crippen molar-refractivity contribution in [3.63, 3.8) is 0 Å². The fourth-order valence-corrected chi connectivity index (χ4v) is 2.31. The molecule has 0 bridgehead atoms. The Morgan fingerprint density at radius 3 is 2.59 bits per heavy atom. The van der Waals surface area contributed by atoms with E-state index in [-0.39, 0.29) is 18.3 Å². The van der Waals surface area contributed by atoms with Crippen molar-refractivity contribution in [3.05, 3.63) is 52.8 Å². The number of carbonyl (C=O) groups is 1. The van der Waals surface area contributed by atoms with Crippen molar-refractivity contribution >= 4 is 29.4 Å². The van der Waals surface area contributed by atoms with Crippen LogP contribution in [-0.4, -0.2) is 44.3 Å². The largest absolute Gasteiger partial charge is 0.490 e. The number of hydrogen-bond acceptors (Lipinski definition) is 5. The van der Waals surface area contributed by atoms with Gasteiger partial charge in [0.25, 0.3) is 5.91 Å². The molecule has 1 N–H and O–H groups in total. The Labute approximate surface area is 162 Å². The molecule has 0 atom stereocenters. The molecule has 0 radical (unpaired) electrons. The molecule has 27 heavy (non-hydrogen) atoms. The van der Waals surface area contributed by atoms with Crippen LogP contribution in [0.15, 0.2) is 41.5 Å². The van der Waals surface area contributed by atoms with E-state index in [0.29, 0.717) is 34.4 Å². The standard InChI is InChI=1S/C19H21ClFN3O3/c1-4-26-17-10-13(11-22-23-15-7-5-14(21)6-8-15)9-16(20)19(17)27-12-18(25)24(2)3/h5-11,23H,4,12H2,1-3H3/b22-11-. The van der Waals surface area contributed by atoms with Crippen molar-refractivity contribution in [1.82, 2.24) is 4.90 Å². The summed E-state index contributed by atoms with van der Waals surface area (Å²) >= 11 is 6.29. The first-order valence-corrected chi connectivity index (χ1v) is 8.62. The highest BCUT2D eigenvalue weighted by atomic mass is 35.5. The summed E-state index contributed by atoms with van der Waals surface area (Å²) in [6.07, 6.45) is 1.55. The maximum atomic E-state index is 12.9. The summed E-state index contributed by atoms with van der Waals surface area (Å²) < 4.78 is 24.0. The quantitative estimate of drug-likeness (QED) is 0.547. The number of ether oxygens (including phenoxy) is 2. The van der Waals surface area contributed by atoms with Crippen molar-refractivity contribution in [2.45, 2.75) is 6.92 Å². The molecule has 0 heterocycles. The van der Waals surface area contributed by atoms with Gasteiger partial charge < -0.3 is 14.4 Å². The minimum absolute atomic E-state index is 0.146. The number of rotatable bonds is 8. The number of carbonyl (C=O) groups excluding carboxylic acids is 1. The Hall–Kier alpha value is -2.80. The van der Waals surface area contributed by atoms with E-state index < -0.39 is 0 Å². The van der Waals surface area contributed by atoms with Crippen LogP contribution in [0.1, 0.15) is 12.5 Å². The van der Waals surface area contributed by atoms with Gasteiger partial charge in [0.05, 0.1) is 23.5 Å². The van der Waals surface area contributed by atoms with Gasteiger partial charge in [-0.05, 0) is 48.9 Å². The molecule has 0 aromatic heterocycles. The van der Waals surface area contributed by atoms with Crippen LogP contribution < -0.4 is 14.9 Å². The van der Waals surface area contributed by atoms with Crippen molar-refractivity contribution in [3.8, 4) is 11.5 Å². The van der Waals surface area contributed by atoms with Gasteiger partial charge >= 0.3 is 0 Å². The summed E-state index contributed by atoms with van der Waals surface area (Å²) in [4.78, 5) is 13.2. The molecule has 1 amide bonds. The number of hydrazone groups is 1. The second kappa shape index (κ2) is 9.78. The number of halogens is 2. The number of amides is 1. The van der Waals surface area contributed by atoms with Crippen LogP contribution in [0.25, 0.3) is 0 Å². The normalized spacial score (nSPS) is 10.7. The van der Waals surface area contributed by atoms with E-state index in [1.807, 2.05) is 6.92 Å². The van der Waals surface area contributed by atoms with Crippen LogP contribution in [0.4, 0.5) is 10.1 Å². The van der Waals surface area contributed by atoms with Gasteiger partial charge in [-0.1, -0.05) is 11.6 Å². The first kappa shape index (κ1) is 20.5. The summed E-state index contributed by atoms with van der Waals surface area (Å²) in [7, 11) is 3.29. The molecule has 6 nitrogen and oxygen atoms in total. The number of nitrogens with one attached hydrogen (secondary N) is 1. The van der Waals surface area contributed by atoms with Gasteiger partial charge in [0, 0.05) is 14.1 Å². The SMILES string of the molecule is CCOc1cc(/C=N\Nc2ccc(F)cc2)cc(Cl)c1OCC(=O)N(C)C. The monoisotopic (exact) mass is 393 g/mol. The Bertz CT molecular complexity index is 811. The summed E-state index contributed by atoms with van der Waals surface area (Å²) in [6.45, 7) is 2.09. The fraction of sp³-hybridized carbons (Fsp3) is 0.263. The van der Waals surface area contributed by atoms with Crippen LogP contribution in [0.5, 0.6) is 11.5 Å². The van der Waals surface area contributed by atoms with Gasteiger partial charge in [-0.25, -0.2) is 4.39 Å². The van der Waals surface area contributed by atoms with Crippen molar-refractivity contribution in [2.75, 3.05) is 32.7 Å². The predicted molar refractivity (Wildman–Crippen MR) is 104 cm³/mol. The molecule has 2 aromatic carbocycles. The van der Waals surface area contributed by atoms with E-state index in [9.17, 15) is 9.18 Å². The third-order valence-electron chi connectivity index (χ3n) is 3.42. The number of benzene rings is 2. The number of likely N-dealkylation sites (N-methyl/N-ethyl adjacent to an activating group) is 1. The average molecular weight is 394 g/mol. The van der Waals surface area contributed by atoms with E-state index in [1.165, 1.54) is 17.0 Å². The zero-order valence-corrected chi connectivity index (χ0v) is 16.1. The highest BCUT2D eigenvalue weighted by Gasteiger charge is 2.14. The summed E-state index contributed by atoms with van der Waals surface area (Å²) in [5.41, 5.74) is 4.11. The first-order valence-electron chi connectivity index (χ1n) is 8.24. The molecular weight excluding hydrogens is 373 g/mol. The smallest absolute Gasteiger partial charge is 0.259 e. The average Bonchev–Trinajstić information content (AvgIpc) is 2.62. The fourth-order valence-electron chi connectivity index (χ4n) is 2.03. The lowest BCUT2D eigenvalue weighted by Gasteiger charge is -2.16. The van der Waals surface area contributed by atoms with Crippen molar-refractivity contribution < 1.29 is 18.7 Å². The molecule has 0 aliphatic rings. The second-order valence-electron chi connectivity index (χ2n) is 5.72. The highest BCUT2D eigenvalue weighted by Crippen LogP contribution is 2.36. The van der Waals surface area contributed by atoms with Crippen LogP contribution >= 0.6 is 11.6 Å². The van der Waals surface area contributed by atoms with Gasteiger partial charge in [-0.3, -0.25) is 10.2 Å². The predicted octanol–water partition coefficient (Wildman–Crippen LogP) is 3.79. The van der Waals surface area contributed by atoms with Gasteiger partial charge in [-0.2, -0.15) is 5.10 Å². The highest BCUT2D eigenvalue weighted by molar-refractivity contribution is 6.32. The molecule has 8 heteroatoms. The van der Waals surface area contributed by atoms with Crippen LogP contribution in [0, 0.1) is 5.82 Å². The molecule has 0 aliphatic heterocycles. The van der Waals surface area contributed by atoms with E-state index >= 15 is 0 Å². The lowest BCUT2D eigenvalue weighted by atomic mass is 10.2. The van der Waals surface area contributed by atoms with E-state index in [1.54, 1.807) is 44.6 Å². The Morgan fingerprint density at radius 1 is 1.26 bits per heavy atom. The lowest BCUT2D eigenvalue weighted by Crippen LogP contribution is -2.27. The van der Waals surface area contributed by atoms with Crippen LogP contribution in [-0.2, 0) is 4.79 Å². The van der Waals surface area contributed by atoms with Crippen LogP contribution in [0.2, 0.25) is 5.02 Å². The molecule has 0 aliphatic carbocycles. The third kappa shape index (κ3) is 6.14. The van der Waals surface area contributed by atoms with Gasteiger partial charge in [-0.15, -0.1) is 0 Å². The first-order chi connectivity index (χ1) is 12.9. The van der Waals surface area contributed by atoms with Gasteiger partial charge in [0.2, 0.25) is 0 Å². The molecule has 0 unspecified atom stereocenters. The van der Waals surface area contributed by atoms with E-state index in [4.69, 9.17) is 21.1 Å². The molecule has 0 saturated heterocycles. The van der Waals surface area contributed by atoms with Gasteiger partial charge in [0.1, 0.15) is 5.82 Å². The van der Waals surface area contributed by atoms with Crippen LogP contribution in [0.3, 0.4) is 0 Å². The van der Waals surface area contributed by atoms with Crippen molar-refractivity contribution in [1.29, 1.82) is 0 Å². The zero-order valence-electron chi connectivity index (χ0n) is 15.3. The summed E-state index contributed by atoms with van der Waals surface area (Å²) in [5.74, 6) is 0.209. The minimum atomic E-state index is -0.319. The molecule has 2 rings (SSSR count). The number of nitrogens with zero attached hydrogens (tertiary/aromatic N) is 2. The molecule has 0 fully saturated rings. The maximum absolute atomic E-state index is 12.9. The van der Waals surface area contributed by atoms with E-state index in [0.717, 1.165) is 0 Å². The molecule has 0 spiro atoms. The molecular formula is C19H21ClFN3O3. The minimum Gasteiger partial charge on any atom is -0.490 e. The lowest BCUT2D eigenvalue weighted by molar-refractivity contribution is -0.130. The maximum Gasteiger partial charge on any atom is 0.259 e. The number of hydrogen-bond donors (Lipinski definition) is 1. The number of anilines is 1. The summed E-state index contributed by atoms with van der Waals surface area (Å²) in [6, 6.07) is 9.18. The van der Waals surface area contributed by atoms with E-state index in [2.05, 4.69) is 10.5 Å². The topological polar surface area (TPSA) is 63.2 Å². The molecule has 0 saturated carbocycles. The zero-order chi connectivity index (χ0) is 19.8. The summed E-state index contributed by atoms with van der Waals surface area (Å²) in [5, 5.41) is 4.40. The Kier molecular flexibility index (Phi) is 7.43. The molecule has 144 valence electrons. The molecule has 2 aromatic rings. The Morgan fingerprint density at radius 2 is 1.96 bits per heavy atom. The second-order valence-corrected chi connectivity index (χ2v) is 6.12. The van der Waals surface area contributed by atoms with Crippen molar-refractivity contribution in [2.24, 2.45) is 5.10 Å². The Balaban J connectivity index is 2.14. The third-order valence-corrected chi connectivity index (χ3v) is 3.70. The van der Waals surface area contributed by atoms with Gasteiger partial charge in [0.15, 0.2) is 18.1 Å².